The van der Waals surface area contributed by atoms with Crippen molar-refractivity contribution in [2.75, 3.05) is 6.54 Å². The monoisotopic (exact) mass is 426 g/mol. The van der Waals surface area contributed by atoms with Crippen LogP contribution in [0.2, 0.25) is 0 Å². The molecule has 1 atom stereocenters. The Hall–Kier alpha value is -2.39. The fourth-order valence-corrected chi connectivity index (χ4v) is 4.01. The number of hydrogen-bond donors (Lipinski definition) is 2. The zero-order valence-corrected chi connectivity index (χ0v) is 16.5. The first-order chi connectivity index (χ1) is 13.6. The number of halogens is 3. The van der Waals surface area contributed by atoms with E-state index >= 15 is 0 Å². The summed E-state index contributed by atoms with van der Waals surface area (Å²) in [6, 6.07) is 10.9. The SMILES string of the molecule is Cc1ccc(C(NC(=O)CNS(=O)(=O)c2cccc(C(F)(F)F)c2)C2CC2)cc1. The van der Waals surface area contributed by atoms with Crippen LogP contribution < -0.4 is 10.0 Å². The second-order valence-corrected chi connectivity index (χ2v) is 8.91. The van der Waals surface area contributed by atoms with Crippen molar-refractivity contribution in [1.29, 1.82) is 0 Å². The van der Waals surface area contributed by atoms with E-state index in [1.54, 1.807) is 0 Å². The van der Waals surface area contributed by atoms with Gasteiger partial charge in [0, 0.05) is 0 Å². The minimum Gasteiger partial charge on any atom is -0.348 e. The lowest BCUT2D eigenvalue weighted by Crippen LogP contribution is -2.39. The van der Waals surface area contributed by atoms with Gasteiger partial charge in [0.15, 0.2) is 0 Å². The normalized spacial score (nSPS) is 15.7. The van der Waals surface area contributed by atoms with Crippen LogP contribution in [-0.2, 0) is 21.0 Å². The molecule has 9 heteroatoms. The molecule has 1 unspecified atom stereocenters. The van der Waals surface area contributed by atoms with Crippen LogP contribution in [0.15, 0.2) is 53.4 Å². The highest BCUT2D eigenvalue weighted by molar-refractivity contribution is 7.89. The van der Waals surface area contributed by atoms with Gasteiger partial charge in [-0.3, -0.25) is 4.79 Å². The molecule has 1 fully saturated rings. The van der Waals surface area contributed by atoms with Crippen LogP contribution in [0.3, 0.4) is 0 Å². The first-order valence-electron chi connectivity index (χ1n) is 9.09. The minimum absolute atomic E-state index is 0.221. The summed E-state index contributed by atoms with van der Waals surface area (Å²) in [7, 11) is -4.26. The van der Waals surface area contributed by atoms with Gasteiger partial charge in [-0.2, -0.15) is 13.2 Å². The van der Waals surface area contributed by atoms with Crippen molar-refractivity contribution < 1.29 is 26.4 Å². The Labute approximate surface area is 167 Å². The van der Waals surface area contributed by atoms with Crippen LogP contribution in [0.4, 0.5) is 13.2 Å². The van der Waals surface area contributed by atoms with E-state index in [9.17, 15) is 26.4 Å². The van der Waals surface area contributed by atoms with Crippen molar-refractivity contribution in [2.24, 2.45) is 5.92 Å². The first kappa shape index (κ1) is 21.3. The van der Waals surface area contributed by atoms with Gasteiger partial charge in [-0.25, -0.2) is 13.1 Å². The van der Waals surface area contributed by atoms with Crippen LogP contribution in [-0.4, -0.2) is 20.9 Å². The van der Waals surface area contributed by atoms with Crippen LogP contribution in [0.25, 0.3) is 0 Å². The topological polar surface area (TPSA) is 75.3 Å². The molecule has 2 aromatic rings. The summed E-state index contributed by atoms with van der Waals surface area (Å²) >= 11 is 0. The maximum absolute atomic E-state index is 12.8. The molecule has 2 aromatic carbocycles. The van der Waals surface area contributed by atoms with Crippen LogP contribution in [0.1, 0.15) is 35.6 Å². The van der Waals surface area contributed by atoms with Crippen LogP contribution in [0, 0.1) is 12.8 Å². The van der Waals surface area contributed by atoms with Crippen molar-refractivity contribution in [2.45, 2.75) is 36.9 Å². The number of benzene rings is 2. The van der Waals surface area contributed by atoms with E-state index in [0.29, 0.717) is 12.0 Å². The van der Waals surface area contributed by atoms with Gasteiger partial charge in [-0.05, 0) is 49.4 Å². The standard InChI is InChI=1S/C20H21F3N2O3S/c1-13-5-7-14(8-6-13)19(15-9-10-15)25-18(26)12-24-29(27,28)17-4-2-3-16(11-17)20(21,22)23/h2-8,11,15,19,24H,9-10,12H2,1H3,(H,25,26). The molecule has 0 aliphatic heterocycles. The van der Waals surface area contributed by atoms with E-state index in [4.69, 9.17) is 0 Å². The van der Waals surface area contributed by atoms with Crippen molar-refractivity contribution in [3.63, 3.8) is 0 Å². The summed E-state index contributed by atoms with van der Waals surface area (Å²) in [4.78, 5) is 11.8. The molecule has 2 N–H and O–H groups in total. The van der Waals surface area contributed by atoms with Gasteiger partial charge < -0.3 is 5.32 Å². The highest BCUT2D eigenvalue weighted by Crippen LogP contribution is 2.41. The number of alkyl halides is 3. The molecule has 0 radical (unpaired) electrons. The zero-order valence-electron chi connectivity index (χ0n) is 15.7. The Morgan fingerprint density at radius 2 is 1.79 bits per heavy atom. The average Bonchev–Trinajstić information content (AvgIpc) is 3.50. The molecule has 1 saturated carbocycles. The molecule has 1 amide bonds. The Morgan fingerprint density at radius 1 is 1.14 bits per heavy atom. The summed E-state index contributed by atoms with van der Waals surface area (Å²) in [6.45, 7) is 1.39. The Kier molecular flexibility index (Phi) is 6.00. The minimum atomic E-state index is -4.66. The molecular weight excluding hydrogens is 405 g/mol. The van der Waals surface area contributed by atoms with Crippen molar-refractivity contribution in [3.05, 3.63) is 65.2 Å². The van der Waals surface area contributed by atoms with Gasteiger partial charge in [-0.1, -0.05) is 35.9 Å². The molecule has 1 aliphatic rings. The summed E-state index contributed by atoms with van der Waals surface area (Å²) in [5.41, 5.74) is 0.952. The van der Waals surface area contributed by atoms with Crippen molar-refractivity contribution in [1.82, 2.24) is 10.0 Å². The second-order valence-electron chi connectivity index (χ2n) is 7.14. The number of nitrogens with one attached hydrogen (secondary N) is 2. The predicted octanol–water partition coefficient (Wildman–Crippen LogP) is 3.56. The first-order valence-corrected chi connectivity index (χ1v) is 10.6. The smallest absolute Gasteiger partial charge is 0.348 e. The fourth-order valence-electron chi connectivity index (χ4n) is 2.98. The Balaban J connectivity index is 1.65. The number of hydrogen-bond acceptors (Lipinski definition) is 3. The molecular formula is C20H21F3N2O3S. The molecule has 0 spiro atoms. The van der Waals surface area contributed by atoms with E-state index in [1.807, 2.05) is 31.2 Å². The number of carbonyl (C=O) groups is 1. The number of sulfonamides is 1. The van der Waals surface area contributed by atoms with Crippen molar-refractivity contribution >= 4 is 15.9 Å². The molecule has 0 aromatic heterocycles. The van der Waals surface area contributed by atoms with Gasteiger partial charge in [0.05, 0.1) is 23.0 Å². The highest BCUT2D eigenvalue weighted by Gasteiger charge is 2.34. The molecule has 156 valence electrons. The van der Waals surface area contributed by atoms with E-state index in [0.717, 1.165) is 42.2 Å². The number of carbonyl (C=O) groups excluding carboxylic acids is 1. The number of rotatable bonds is 7. The van der Waals surface area contributed by atoms with E-state index < -0.39 is 39.1 Å². The predicted molar refractivity (Wildman–Crippen MR) is 101 cm³/mol. The zero-order chi connectivity index (χ0) is 21.2. The maximum atomic E-state index is 12.8. The summed E-state index contributed by atoms with van der Waals surface area (Å²) < 4.78 is 65.1. The maximum Gasteiger partial charge on any atom is 0.416 e. The molecule has 0 heterocycles. The Morgan fingerprint density at radius 3 is 2.38 bits per heavy atom. The third-order valence-electron chi connectivity index (χ3n) is 4.74. The van der Waals surface area contributed by atoms with Gasteiger partial charge >= 0.3 is 6.18 Å². The molecule has 1 aliphatic carbocycles. The summed E-state index contributed by atoms with van der Waals surface area (Å²) in [5.74, 6) is -0.250. The van der Waals surface area contributed by atoms with Gasteiger partial charge in [-0.15, -0.1) is 0 Å². The van der Waals surface area contributed by atoms with Gasteiger partial charge in [0.25, 0.3) is 0 Å². The highest BCUT2D eigenvalue weighted by atomic mass is 32.2. The van der Waals surface area contributed by atoms with E-state index in [-0.39, 0.29) is 6.04 Å². The Bertz CT molecular complexity index is 985. The second kappa shape index (κ2) is 8.16. The molecule has 3 rings (SSSR count). The lowest BCUT2D eigenvalue weighted by atomic mass is 10.0. The third kappa shape index (κ3) is 5.57. The van der Waals surface area contributed by atoms with Crippen molar-refractivity contribution in [3.8, 4) is 0 Å². The largest absolute Gasteiger partial charge is 0.416 e. The van der Waals surface area contributed by atoms with Gasteiger partial charge in [0.1, 0.15) is 0 Å². The number of aryl methyl sites for hydroxylation is 1. The fraction of sp³-hybridized carbons (Fsp3) is 0.350. The average molecular weight is 426 g/mol. The molecule has 29 heavy (non-hydrogen) atoms. The summed E-state index contributed by atoms with van der Waals surface area (Å²) in [5, 5.41) is 2.83. The van der Waals surface area contributed by atoms with Crippen LogP contribution >= 0.6 is 0 Å². The van der Waals surface area contributed by atoms with Gasteiger partial charge in [0.2, 0.25) is 15.9 Å². The molecule has 0 bridgehead atoms. The van der Waals surface area contributed by atoms with E-state index in [2.05, 4.69) is 10.0 Å². The lowest BCUT2D eigenvalue weighted by Gasteiger charge is -2.19. The number of amides is 1. The van der Waals surface area contributed by atoms with Crippen LogP contribution in [0.5, 0.6) is 0 Å². The molecule has 0 saturated heterocycles. The summed E-state index contributed by atoms with van der Waals surface area (Å²) in [6.07, 6.45) is -2.72. The molecule has 5 nitrogen and oxygen atoms in total. The third-order valence-corrected chi connectivity index (χ3v) is 6.14. The lowest BCUT2D eigenvalue weighted by molar-refractivity contribution is -0.137. The van der Waals surface area contributed by atoms with E-state index in [1.165, 1.54) is 0 Å². The quantitative estimate of drug-likeness (QED) is 0.711.